The van der Waals surface area contributed by atoms with Crippen molar-refractivity contribution in [2.45, 2.75) is 6.92 Å². The van der Waals surface area contributed by atoms with E-state index in [9.17, 15) is 9.90 Å². The van der Waals surface area contributed by atoms with Crippen LogP contribution in [0.5, 0.6) is 5.75 Å². The normalized spacial score (nSPS) is 10.6. The van der Waals surface area contributed by atoms with E-state index in [1.807, 2.05) is 0 Å². The van der Waals surface area contributed by atoms with Gasteiger partial charge in [0.25, 0.3) is 5.76 Å². The molecule has 0 fully saturated rings. The number of fused-ring (bicyclic) bond motifs is 1. The molecule has 5 nitrogen and oxygen atoms in total. The Labute approximate surface area is 99.2 Å². The van der Waals surface area contributed by atoms with E-state index in [0.29, 0.717) is 10.1 Å². The lowest BCUT2D eigenvalue weighted by molar-refractivity contribution is 0.0488. The first kappa shape index (κ1) is 10.9. The molecular weight excluding hydrogens is 278 g/mol. The lowest BCUT2D eigenvalue weighted by atomic mass is 10.3. The smallest absolute Gasteiger partial charge is 0.378 e. The van der Waals surface area contributed by atoms with E-state index < -0.39 is 5.97 Å². The summed E-state index contributed by atoms with van der Waals surface area (Å²) in [4.78, 5) is 15.3. The van der Waals surface area contributed by atoms with E-state index in [-0.39, 0.29) is 23.6 Å². The number of furan rings is 1. The number of esters is 1. The number of aromatic nitrogens is 1. The first-order valence-corrected chi connectivity index (χ1v) is 5.37. The lowest BCUT2D eigenvalue weighted by Gasteiger charge is -1.96. The fraction of sp³-hybridized carbons (Fsp3) is 0.200. The molecule has 0 aliphatic carbocycles. The van der Waals surface area contributed by atoms with Gasteiger partial charge in [0, 0.05) is 10.7 Å². The number of hydrogen-bond acceptors (Lipinski definition) is 5. The number of hydrogen-bond donors (Lipinski definition) is 1. The van der Waals surface area contributed by atoms with E-state index in [0.717, 1.165) is 0 Å². The number of aromatic hydroxyl groups is 1. The van der Waals surface area contributed by atoms with Crippen LogP contribution in [0.3, 0.4) is 0 Å². The molecule has 2 rings (SSSR count). The molecular formula is C10H8BrNO4. The molecule has 1 N–H and O–H groups in total. The van der Waals surface area contributed by atoms with E-state index in [1.54, 1.807) is 13.0 Å². The molecule has 0 radical (unpaired) electrons. The Kier molecular flexibility index (Phi) is 2.82. The van der Waals surface area contributed by atoms with Crippen molar-refractivity contribution in [2.24, 2.45) is 0 Å². The van der Waals surface area contributed by atoms with Crippen LogP contribution < -0.4 is 0 Å². The molecule has 84 valence electrons. The second-order valence-corrected chi connectivity index (χ2v) is 3.92. The summed E-state index contributed by atoms with van der Waals surface area (Å²) in [5, 5.41) is 9.71. The highest BCUT2D eigenvalue weighted by atomic mass is 79.9. The quantitative estimate of drug-likeness (QED) is 0.858. The van der Waals surface area contributed by atoms with Crippen LogP contribution in [0.15, 0.2) is 21.2 Å². The van der Waals surface area contributed by atoms with Crippen molar-refractivity contribution in [3.8, 4) is 5.75 Å². The van der Waals surface area contributed by atoms with Crippen molar-refractivity contribution in [3.05, 3.63) is 22.5 Å². The van der Waals surface area contributed by atoms with Gasteiger partial charge in [-0.1, -0.05) is 0 Å². The molecule has 0 saturated heterocycles. The molecule has 16 heavy (non-hydrogen) atoms. The first-order chi connectivity index (χ1) is 7.63. The van der Waals surface area contributed by atoms with Gasteiger partial charge in [-0.3, -0.25) is 0 Å². The van der Waals surface area contributed by atoms with Crippen LogP contribution >= 0.6 is 15.9 Å². The van der Waals surface area contributed by atoms with Gasteiger partial charge < -0.3 is 14.3 Å². The van der Waals surface area contributed by atoms with Crippen molar-refractivity contribution in [1.29, 1.82) is 0 Å². The second-order valence-electron chi connectivity index (χ2n) is 3.00. The van der Waals surface area contributed by atoms with Gasteiger partial charge in [0.15, 0.2) is 16.8 Å². The molecule has 0 saturated carbocycles. The summed E-state index contributed by atoms with van der Waals surface area (Å²) in [5.41, 5.74) is 0.571. The summed E-state index contributed by atoms with van der Waals surface area (Å²) in [7, 11) is 0. The predicted octanol–water partition coefficient (Wildman–Crippen LogP) is 2.47. The average molecular weight is 286 g/mol. The fourth-order valence-electron chi connectivity index (χ4n) is 1.28. The summed E-state index contributed by atoms with van der Waals surface area (Å²) in [6.45, 7) is 1.89. The van der Waals surface area contributed by atoms with Gasteiger partial charge in [0.2, 0.25) is 0 Å². The maximum Gasteiger partial charge on any atom is 0.378 e. The van der Waals surface area contributed by atoms with Crippen LogP contribution in [0.25, 0.3) is 11.1 Å². The molecule has 0 aromatic carbocycles. The molecule has 2 heterocycles. The minimum atomic E-state index is -0.700. The summed E-state index contributed by atoms with van der Waals surface area (Å²) in [6, 6.07) is 1.62. The number of pyridine rings is 1. The van der Waals surface area contributed by atoms with Gasteiger partial charge in [-0.25, -0.2) is 9.78 Å². The van der Waals surface area contributed by atoms with Crippen molar-refractivity contribution >= 4 is 33.0 Å². The molecule has 0 unspecified atom stereocenters. The molecule has 0 bridgehead atoms. The average Bonchev–Trinajstić information content (AvgIpc) is 2.56. The van der Waals surface area contributed by atoms with Gasteiger partial charge in [-0.2, -0.15) is 0 Å². The monoisotopic (exact) mass is 285 g/mol. The summed E-state index contributed by atoms with van der Waals surface area (Å²) in [5.74, 6) is -1.21. The topological polar surface area (TPSA) is 72.6 Å². The Balaban J connectivity index is 2.55. The van der Waals surface area contributed by atoms with Crippen LogP contribution in [0.2, 0.25) is 0 Å². The molecule has 0 spiro atoms. The third-order valence-corrected chi connectivity index (χ3v) is 2.37. The van der Waals surface area contributed by atoms with Crippen molar-refractivity contribution in [2.75, 3.05) is 6.61 Å². The zero-order valence-corrected chi connectivity index (χ0v) is 9.94. The number of halogens is 1. The van der Waals surface area contributed by atoms with Crippen molar-refractivity contribution in [3.63, 3.8) is 0 Å². The van der Waals surface area contributed by atoms with Crippen LogP contribution in [0, 0.1) is 0 Å². The molecule has 0 amide bonds. The molecule has 0 atom stereocenters. The van der Waals surface area contributed by atoms with Crippen LogP contribution in [0.1, 0.15) is 17.5 Å². The van der Waals surface area contributed by atoms with E-state index in [2.05, 4.69) is 20.9 Å². The second kappa shape index (κ2) is 4.13. The van der Waals surface area contributed by atoms with Crippen molar-refractivity contribution < 1.29 is 19.1 Å². The van der Waals surface area contributed by atoms with E-state index in [1.165, 1.54) is 6.20 Å². The minimum absolute atomic E-state index is 0.215. The lowest BCUT2D eigenvalue weighted by Crippen LogP contribution is -2.02. The minimum Gasteiger partial charge on any atom is -0.502 e. The Morgan fingerprint density at radius 1 is 1.69 bits per heavy atom. The number of ether oxygens (including phenoxy) is 1. The van der Waals surface area contributed by atoms with Gasteiger partial charge in [-0.05, 0) is 28.9 Å². The Morgan fingerprint density at radius 2 is 2.44 bits per heavy atom. The van der Waals surface area contributed by atoms with Gasteiger partial charge >= 0.3 is 5.97 Å². The van der Waals surface area contributed by atoms with Crippen LogP contribution in [-0.2, 0) is 4.74 Å². The Morgan fingerprint density at radius 3 is 3.12 bits per heavy atom. The molecule has 2 aromatic heterocycles. The third-order valence-electron chi connectivity index (χ3n) is 1.93. The summed E-state index contributed by atoms with van der Waals surface area (Å²) in [6.07, 6.45) is 1.51. The highest BCUT2D eigenvalue weighted by Crippen LogP contribution is 2.32. The van der Waals surface area contributed by atoms with Crippen molar-refractivity contribution in [1.82, 2.24) is 4.98 Å². The largest absolute Gasteiger partial charge is 0.502 e. The third kappa shape index (κ3) is 1.76. The highest BCUT2D eigenvalue weighted by molar-refractivity contribution is 9.10. The van der Waals surface area contributed by atoms with Gasteiger partial charge in [-0.15, -0.1) is 0 Å². The highest BCUT2D eigenvalue weighted by Gasteiger charge is 2.22. The van der Waals surface area contributed by atoms with Crippen LogP contribution in [-0.4, -0.2) is 22.7 Å². The predicted molar refractivity (Wildman–Crippen MR) is 59.3 cm³/mol. The van der Waals surface area contributed by atoms with Gasteiger partial charge in [0.05, 0.1) is 6.61 Å². The molecule has 2 aromatic rings. The number of nitrogens with zero attached hydrogens (tertiary/aromatic N) is 1. The summed E-state index contributed by atoms with van der Waals surface area (Å²) >= 11 is 3.21. The van der Waals surface area contributed by atoms with Crippen LogP contribution in [0.4, 0.5) is 0 Å². The number of carbonyl (C=O) groups is 1. The number of carbonyl (C=O) groups excluding carboxylic acids is 1. The fourth-order valence-corrected chi connectivity index (χ4v) is 1.59. The Bertz CT molecular complexity index is 549. The summed E-state index contributed by atoms with van der Waals surface area (Å²) < 4.78 is 10.6. The Hall–Kier alpha value is -1.56. The maximum absolute atomic E-state index is 11.4. The SMILES string of the molecule is CCOC(=O)c1oc2cc(Br)cnc2c1O. The zero-order chi connectivity index (χ0) is 11.7. The van der Waals surface area contributed by atoms with Gasteiger partial charge in [0.1, 0.15) is 0 Å². The van der Waals surface area contributed by atoms with E-state index in [4.69, 9.17) is 9.15 Å². The first-order valence-electron chi connectivity index (χ1n) is 4.57. The number of rotatable bonds is 2. The maximum atomic E-state index is 11.4. The molecule has 0 aliphatic heterocycles. The molecule has 6 heteroatoms. The standard InChI is InChI=1S/C10H8BrNO4/c1-2-15-10(14)9-8(13)7-6(16-9)3-5(11)4-12-7/h3-4,13H,2H2,1H3. The van der Waals surface area contributed by atoms with E-state index >= 15 is 0 Å². The zero-order valence-electron chi connectivity index (χ0n) is 8.36. The molecule has 0 aliphatic rings.